The van der Waals surface area contributed by atoms with Gasteiger partial charge in [-0.05, 0) is 43.9 Å². The maximum atomic E-state index is 13.4. The first-order valence-corrected chi connectivity index (χ1v) is 10.3. The van der Waals surface area contributed by atoms with E-state index in [1.54, 1.807) is 12.1 Å². The van der Waals surface area contributed by atoms with Crippen molar-refractivity contribution in [3.8, 4) is 11.5 Å². The van der Waals surface area contributed by atoms with Gasteiger partial charge in [0.2, 0.25) is 5.76 Å². The van der Waals surface area contributed by atoms with Gasteiger partial charge < -0.3 is 13.8 Å². The van der Waals surface area contributed by atoms with Crippen molar-refractivity contribution in [2.45, 2.75) is 76.3 Å². The van der Waals surface area contributed by atoms with Crippen LogP contribution in [0, 0.1) is 0 Å². The third kappa shape index (κ3) is 3.87. The van der Waals surface area contributed by atoms with Crippen molar-refractivity contribution in [1.82, 2.24) is 10.1 Å². The molecule has 2 aromatic rings. The predicted molar refractivity (Wildman–Crippen MR) is 104 cm³/mol. The Morgan fingerprint density at radius 3 is 2.19 bits per heavy atom. The number of rotatable bonds is 5. The molecule has 2 aliphatic rings. The van der Waals surface area contributed by atoms with Gasteiger partial charge in [-0.15, -0.1) is 0 Å². The second kappa shape index (κ2) is 8.15. The molecule has 0 unspecified atom stereocenters. The topological polar surface area (TPSA) is 59.5 Å². The molecular formula is C22H28N2O3. The number of hydrogen-bond donors (Lipinski definition) is 0. The van der Waals surface area contributed by atoms with E-state index in [-0.39, 0.29) is 5.91 Å². The molecule has 5 nitrogen and oxygen atoms in total. The SMILES string of the molecule is C=Cc1ccc(-c2cc(C(=O)N(C3CCCCC3)C3CCCCC3)no2)o1. The Morgan fingerprint density at radius 2 is 1.63 bits per heavy atom. The third-order valence-electron chi connectivity index (χ3n) is 5.97. The molecule has 5 heteroatoms. The molecule has 0 aromatic carbocycles. The molecule has 0 atom stereocenters. The van der Waals surface area contributed by atoms with Crippen LogP contribution in [-0.2, 0) is 0 Å². The van der Waals surface area contributed by atoms with Gasteiger partial charge >= 0.3 is 0 Å². The molecule has 0 N–H and O–H groups in total. The summed E-state index contributed by atoms with van der Waals surface area (Å²) in [6, 6.07) is 6.03. The van der Waals surface area contributed by atoms with Crippen LogP contribution in [0.2, 0.25) is 0 Å². The molecule has 0 saturated heterocycles. The highest BCUT2D eigenvalue weighted by molar-refractivity contribution is 5.93. The van der Waals surface area contributed by atoms with Crippen molar-refractivity contribution in [2.75, 3.05) is 0 Å². The molecule has 0 spiro atoms. The quantitative estimate of drug-likeness (QED) is 0.681. The zero-order valence-corrected chi connectivity index (χ0v) is 15.9. The zero-order chi connectivity index (χ0) is 18.6. The van der Waals surface area contributed by atoms with Crippen molar-refractivity contribution in [1.29, 1.82) is 0 Å². The lowest BCUT2D eigenvalue weighted by Crippen LogP contribution is -2.48. The fraction of sp³-hybridized carbons (Fsp3) is 0.545. The van der Waals surface area contributed by atoms with Gasteiger partial charge in [0.15, 0.2) is 11.5 Å². The van der Waals surface area contributed by atoms with E-state index in [9.17, 15) is 4.79 Å². The highest BCUT2D eigenvalue weighted by Gasteiger charge is 2.34. The summed E-state index contributed by atoms with van der Waals surface area (Å²) in [5, 5.41) is 4.09. The smallest absolute Gasteiger partial charge is 0.276 e. The maximum Gasteiger partial charge on any atom is 0.276 e. The van der Waals surface area contributed by atoms with Gasteiger partial charge in [-0.25, -0.2) is 0 Å². The van der Waals surface area contributed by atoms with Gasteiger partial charge in [-0.2, -0.15) is 0 Å². The number of aromatic nitrogens is 1. The Balaban J connectivity index is 1.57. The lowest BCUT2D eigenvalue weighted by molar-refractivity contribution is 0.0438. The van der Waals surface area contributed by atoms with E-state index in [1.807, 2.05) is 12.1 Å². The summed E-state index contributed by atoms with van der Waals surface area (Å²) < 4.78 is 11.1. The highest BCUT2D eigenvalue weighted by Crippen LogP contribution is 2.32. The third-order valence-corrected chi connectivity index (χ3v) is 5.97. The van der Waals surface area contributed by atoms with E-state index in [4.69, 9.17) is 8.94 Å². The van der Waals surface area contributed by atoms with Crippen LogP contribution >= 0.6 is 0 Å². The average molecular weight is 368 g/mol. The lowest BCUT2D eigenvalue weighted by Gasteiger charge is -2.41. The molecule has 2 heterocycles. The molecule has 2 aliphatic carbocycles. The summed E-state index contributed by atoms with van der Waals surface area (Å²) in [7, 11) is 0. The summed E-state index contributed by atoms with van der Waals surface area (Å²) in [5.74, 6) is 1.73. The van der Waals surface area contributed by atoms with E-state index in [1.165, 1.54) is 38.5 Å². The normalized spacial score (nSPS) is 19.1. The minimum Gasteiger partial charge on any atom is -0.453 e. The molecule has 0 bridgehead atoms. The fourth-order valence-electron chi connectivity index (χ4n) is 4.57. The number of amides is 1. The minimum absolute atomic E-state index is 0.0132. The predicted octanol–water partition coefficient (Wildman–Crippen LogP) is 5.69. The maximum absolute atomic E-state index is 13.4. The van der Waals surface area contributed by atoms with Gasteiger partial charge in [-0.3, -0.25) is 4.79 Å². The molecule has 2 aromatic heterocycles. The summed E-state index contributed by atoms with van der Waals surface area (Å²) in [4.78, 5) is 15.6. The Bertz CT molecular complexity index is 761. The molecule has 144 valence electrons. The number of carbonyl (C=O) groups excluding carboxylic acids is 1. The molecular weight excluding hydrogens is 340 g/mol. The first-order valence-electron chi connectivity index (χ1n) is 10.3. The van der Waals surface area contributed by atoms with Crippen LogP contribution in [-0.4, -0.2) is 28.0 Å². The van der Waals surface area contributed by atoms with E-state index in [0.29, 0.717) is 35.1 Å². The van der Waals surface area contributed by atoms with Crippen molar-refractivity contribution < 1.29 is 13.7 Å². The highest BCUT2D eigenvalue weighted by atomic mass is 16.5. The molecule has 2 fully saturated rings. The lowest BCUT2D eigenvalue weighted by atomic mass is 9.88. The monoisotopic (exact) mass is 368 g/mol. The second-order valence-corrected chi connectivity index (χ2v) is 7.78. The van der Waals surface area contributed by atoms with Crippen molar-refractivity contribution in [3.63, 3.8) is 0 Å². The first kappa shape index (κ1) is 18.1. The van der Waals surface area contributed by atoms with Crippen molar-refractivity contribution in [3.05, 3.63) is 36.2 Å². The van der Waals surface area contributed by atoms with Crippen LogP contribution in [0.3, 0.4) is 0 Å². The van der Waals surface area contributed by atoms with Crippen LogP contribution < -0.4 is 0 Å². The van der Waals surface area contributed by atoms with E-state index in [0.717, 1.165) is 25.7 Å². The van der Waals surface area contributed by atoms with E-state index in [2.05, 4.69) is 16.6 Å². The molecule has 0 aliphatic heterocycles. The Kier molecular flexibility index (Phi) is 5.46. The van der Waals surface area contributed by atoms with E-state index >= 15 is 0 Å². The number of carbonyl (C=O) groups is 1. The van der Waals surface area contributed by atoms with Crippen LogP contribution in [0.1, 0.15) is 80.5 Å². The number of hydrogen-bond acceptors (Lipinski definition) is 4. The summed E-state index contributed by atoms with van der Waals surface area (Å²) in [5.41, 5.74) is 0.387. The van der Waals surface area contributed by atoms with Crippen molar-refractivity contribution >= 4 is 12.0 Å². The summed E-state index contributed by atoms with van der Waals surface area (Å²) in [6.45, 7) is 3.70. The molecule has 2 saturated carbocycles. The summed E-state index contributed by atoms with van der Waals surface area (Å²) >= 11 is 0. The Labute approximate surface area is 160 Å². The average Bonchev–Trinajstić information content (AvgIpc) is 3.39. The van der Waals surface area contributed by atoms with Gasteiger partial charge in [0.05, 0.1) is 0 Å². The van der Waals surface area contributed by atoms with Gasteiger partial charge in [0.1, 0.15) is 5.76 Å². The number of nitrogens with zero attached hydrogens (tertiary/aromatic N) is 2. The first-order chi connectivity index (χ1) is 13.3. The molecule has 4 rings (SSSR count). The summed E-state index contributed by atoms with van der Waals surface area (Å²) in [6.07, 6.45) is 13.5. The molecule has 0 radical (unpaired) electrons. The van der Waals surface area contributed by atoms with Gasteiger partial charge in [0.25, 0.3) is 5.91 Å². The standard InChI is InChI=1S/C22H28N2O3/c1-2-18-13-14-20(26-18)21-15-19(23-27-21)22(25)24(16-9-5-3-6-10-16)17-11-7-4-8-12-17/h2,13-17H,1,3-12H2. The molecule has 27 heavy (non-hydrogen) atoms. The van der Waals surface area contributed by atoms with E-state index < -0.39 is 0 Å². The Hall–Kier alpha value is -2.30. The van der Waals surface area contributed by atoms with Crippen LogP contribution in [0.25, 0.3) is 17.6 Å². The zero-order valence-electron chi connectivity index (χ0n) is 15.9. The number of furan rings is 1. The van der Waals surface area contributed by atoms with Crippen LogP contribution in [0.5, 0.6) is 0 Å². The van der Waals surface area contributed by atoms with Crippen LogP contribution in [0.15, 0.2) is 33.7 Å². The largest absolute Gasteiger partial charge is 0.453 e. The minimum atomic E-state index is 0.0132. The molecule has 1 amide bonds. The second-order valence-electron chi connectivity index (χ2n) is 7.78. The fourth-order valence-corrected chi connectivity index (χ4v) is 4.57. The van der Waals surface area contributed by atoms with Gasteiger partial charge in [-0.1, -0.05) is 50.3 Å². The van der Waals surface area contributed by atoms with Crippen molar-refractivity contribution in [2.24, 2.45) is 0 Å². The van der Waals surface area contributed by atoms with Gasteiger partial charge in [0, 0.05) is 18.2 Å². The van der Waals surface area contributed by atoms with Crippen LogP contribution in [0.4, 0.5) is 0 Å². The Morgan fingerprint density at radius 1 is 1.00 bits per heavy atom.